The van der Waals surface area contributed by atoms with Crippen molar-refractivity contribution in [2.75, 3.05) is 0 Å². The summed E-state index contributed by atoms with van der Waals surface area (Å²) in [4.78, 5) is 0. The molecule has 2 aliphatic carbocycles. The van der Waals surface area contributed by atoms with Gasteiger partial charge < -0.3 is 0 Å². The molecular weight excluding hydrogens is 540 g/mol. The average Bonchev–Trinajstić information content (AvgIpc) is 3.42. The van der Waals surface area contributed by atoms with E-state index in [9.17, 15) is 0 Å². The molecule has 7 aromatic rings. The van der Waals surface area contributed by atoms with Crippen molar-refractivity contribution in [1.82, 2.24) is 0 Å². The maximum Gasteiger partial charge on any atom is 0.0713 e. The molecule has 0 nitrogen and oxygen atoms in total. The topological polar surface area (TPSA) is 0 Å². The SMILES string of the molecule is C1=C=Cc2c(c(-c3ccccc3)c3ccccc3c2-c2ccc3c(c2)C(c2ccccc2)(c2ccccc2)c2ccccc2-3)C=1. The van der Waals surface area contributed by atoms with Gasteiger partial charge in [-0.15, -0.1) is 0 Å². The van der Waals surface area contributed by atoms with Gasteiger partial charge in [-0.25, -0.2) is 0 Å². The minimum absolute atomic E-state index is 0.444. The predicted octanol–water partition coefficient (Wildman–Crippen LogP) is 11.3. The molecule has 0 atom stereocenters. The molecule has 45 heavy (non-hydrogen) atoms. The summed E-state index contributed by atoms with van der Waals surface area (Å²) in [7, 11) is 0. The number of rotatable bonds is 4. The van der Waals surface area contributed by atoms with E-state index in [1.165, 1.54) is 77.5 Å². The summed E-state index contributed by atoms with van der Waals surface area (Å²) in [6, 6.07) is 57.7. The van der Waals surface area contributed by atoms with E-state index < -0.39 is 5.41 Å². The lowest BCUT2D eigenvalue weighted by molar-refractivity contribution is 0.769. The average molecular weight is 569 g/mol. The molecule has 208 valence electrons. The fourth-order valence-corrected chi connectivity index (χ4v) is 7.83. The molecule has 0 amide bonds. The van der Waals surface area contributed by atoms with E-state index in [2.05, 4.69) is 181 Å². The van der Waals surface area contributed by atoms with Crippen LogP contribution in [0.5, 0.6) is 0 Å². The van der Waals surface area contributed by atoms with E-state index >= 15 is 0 Å². The van der Waals surface area contributed by atoms with Crippen molar-refractivity contribution in [2.45, 2.75) is 5.41 Å². The molecule has 0 unspecified atom stereocenters. The summed E-state index contributed by atoms with van der Waals surface area (Å²) in [6.07, 6.45) is 4.22. The first kappa shape index (κ1) is 25.6. The van der Waals surface area contributed by atoms with Gasteiger partial charge in [0.2, 0.25) is 0 Å². The molecule has 0 radical (unpaired) electrons. The molecule has 0 saturated carbocycles. The Morgan fingerprint density at radius 1 is 0.378 bits per heavy atom. The van der Waals surface area contributed by atoms with Gasteiger partial charge in [0.15, 0.2) is 0 Å². The van der Waals surface area contributed by atoms with Gasteiger partial charge in [0.1, 0.15) is 0 Å². The number of hydrogen-bond acceptors (Lipinski definition) is 0. The van der Waals surface area contributed by atoms with Crippen LogP contribution >= 0.6 is 0 Å². The molecule has 9 rings (SSSR count). The number of hydrogen-bond donors (Lipinski definition) is 0. The van der Waals surface area contributed by atoms with Gasteiger partial charge in [-0.3, -0.25) is 0 Å². The normalized spacial score (nSPS) is 13.4. The van der Waals surface area contributed by atoms with Crippen LogP contribution in [0.3, 0.4) is 0 Å². The lowest BCUT2D eigenvalue weighted by atomic mass is 9.67. The van der Waals surface area contributed by atoms with E-state index in [0.29, 0.717) is 0 Å². The van der Waals surface area contributed by atoms with Crippen molar-refractivity contribution >= 4 is 22.9 Å². The summed E-state index contributed by atoms with van der Waals surface area (Å²) in [5, 5.41) is 2.48. The van der Waals surface area contributed by atoms with Crippen molar-refractivity contribution in [3.8, 4) is 33.4 Å². The van der Waals surface area contributed by atoms with Crippen molar-refractivity contribution in [3.63, 3.8) is 0 Å². The van der Waals surface area contributed by atoms with Crippen LogP contribution in [-0.4, -0.2) is 0 Å². The highest BCUT2D eigenvalue weighted by molar-refractivity contribution is 6.12. The molecule has 0 aliphatic heterocycles. The quantitative estimate of drug-likeness (QED) is 0.185. The van der Waals surface area contributed by atoms with Crippen LogP contribution in [0.1, 0.15) is 33.4 Å². The standard InChI is InChI=1S/C45H28/c1-4-16-31(17-5-1)43-37-23-10-12-25-39(37)44(40-26-13-11-24-38(40)43)32-28-29-36-35-22-14-15-27-41(35)45(42(36)30-32,33-18-6-2-7-19-33)34-20-8-3-9-21-34/h1-10,12,14-30H. The third-order valence-electron chi connectivity index (χ3n) is 9.62. The lowest BCUT2D eigenvalue weighted by Crippen LogP contribution is -2.28. The first-order chi connectivity index (χ1) is 22.4. The molecule has 0 N–H and O–H groups in total. The van der Waals surface area contributed by atoms with Gasteiger partial charge >= 0.3 is 0 Å². The van der Waals surface area contributed by atoms with Crippen LogP contribution in [0.25, 0.3) is 56.3 Å². The predicted molar refractivity (Wildman–Crippen MR) is 188 cm³/mol. The highest BCUT2D eigenvalue weighted by Gasteiger charge is 2.46. The molecular formula is C45H28. The zero-order chi connectivity index (χ0) is 29.8. The van der Waals surface area contributed by atoms with Crippen LogP contribution in [0.4, 0.5) is 0 Å². The molecule has 7 aromatic carbocycles. The van der Waals surface area contributed by atoms with Crippen LogP contribution in [0.15, 0.2) is 169 Å². The van der Waals surface area contributed by atoms with Crippen LogP contribution < -0.4 is 0 Å². The van der Waals surface area contributed by atoms with E-state index in [1.807, 2.05) is 0 Å². The Bertz CT molecular complexity index is 2320. The number of benzene rings is 7. The molecule has 2 aliphatic rings. The summed E-state index contributed by atoms with van der Waals surface area (Å²) in [5.41, 5.74) is 21.2. The van der Waals surface area contributed by atoms with E-state index in [0.717, 1.165) is 0 Å². The van der Waals surface area contributed by atoms with E-state index in [-0.39, 0.29) is 0 Å². The molecule has 0 bridgehead atoms. The fraction of sp³-hybridized carbons (Fsp3) is 0.0222. The fourth-order valence-electron chi connectivity index (χ4n) is 7.83. The van der Waals surface area contributed by atoms with Gasteiger partial charge in [0.25, 0.3) is 0 Å². The largest absolute Gasteiger partial charge is 0.0713 e. The van der Waals surface area contributed by atoms with Gasteiger partial charge in [-0.2, -0.15) is 0 Å². The Morgan fingerprint density at radius 2 is 0.867 bits per heavy atom. The van der Waals surface area contributed by atoms with Gasteiger partial charge in [-0.1, -0.05) is 163 Å². The zero-order valence-corrected chi connectivity index (χ0v) is 24.7. The summed E-state index contributed by atoms with van der Waals surface area (Å²) >= 11 is 0. The third kappa shape index (κ3) is 3.68. The Hall–Kier alpha value is -5.90. The highest BCUT2D eigenvalue weighted by Crippen LogP contribution is 2.57. The van der Waals surface area contributed by atoms with Crippen LogP contribution in [-0.2, 0) is 5.41 Å². The molecule has 0 heterocycles. The molecule has 0 heteroatoms. The maximum atomic E-state index is 3.30. The first-order valence-electron chi connectivity index (χ1n) is 15.5. The highest BCUT2D eigenvalue weighted by atomic mass is 14.5. The molecule has 0 aromatic heterocycles. The third-order valence-corrected chi connectivity index (χ3v) is 9.62. The van der Waals surface area contributed by atoms with Gasteiger partial charge in [0.05, 0.1) is 5.41 Å². The second-order valence-electron chi connectivity index (χ2n) is 11.9. The number of fused-ring (bicyclic) bond motifs is 5. The second-order valence-corrected chi connectivity index (χ2v) is 11.9. The van der Waals surface area contributed by atoms with E-state index in [1.54, 1.807) is 0 Å². The van der Waals surface area contributed by atoms with Crippen LogP contribution in [0.2, 0.25) is 0 Å². The Labute approximate surface area is 263 Å². The summed E-state index contributed by atoms with van der Waals surface area (Å²) < 4.78 is 0. The van der Waals surface area contributed by atoms with Gasteiger partial charge in [-0.05, 0) is 95.8 Å². The monoisotopic (exact) mass is 568 g/mol. The van der Waals surface area contributed by atoms with E-state index in [4.69, 9.17) is 0 Å². The van der Waals surface area contributed by atoms with Crippen molar-refractivity contribution in [2.24, 2.45) is 0 Å². The molecule has 0 fully saturated rings. The van der Waals surface area contributed by atoms with Crippen LogP contribution in [0, 0.1) is 0 Å². The lowest BCUT2D eigenvalue weighted by Gasteiger charge is -2.34. The summed E-state index contributed by atoms with van der Waals surface area (Å²) in [6.45, 7) is 0. The minimum Gasteiger partial charge on any atom is -0.0696 e. The molecule has 0 saturated heterocycles. The Balaban J connectivity index is 1.40. The molecule has 0 spiro atoms. The van der Waals surface area contributed by atoms with Crippen molar-refractivity contribution in [1.29, 1.82) is 0 Å². The Kier molecular flexibility index (Phi) is 5.74. The van der Waals surface area contributed by atoms with Gasteiger partial charge in [0, 0.05) is 0 Å². The maximum absolute atomic E-state index is 3.30. The summed E-state index contributed by atoms with van der Waals surface area (Å²) in [5.74, 6) is 0. The second kappa shape index (κ2) is 10.1. The zero-order valence-electron chi connectivity index (χ0n) is 24.7. The Morgan fingerprint density at radius 3 is 1.49 bits per heavy atom. The van der Waals surface area contributed by atoms with Crippen molar-refractivity contribution < 1.29 is 0 Å². The smallest absolute Gasteiger partial charge is 0.0696 e. The first-order valence-corrected chi connectivity index (χ1v) is 15.5. The minimum atomic E-state index is -0.444. The van der Waals surface area contributed by atoms with Crippen molar-refractivity contribution in [3.05, 3.63) is 203 Å².